The van der Waals surface area contributed by atoms with Crippen molar-refractivity contribution in [3.05, 3.63) is 149 Å². The summed E-state index contributed by atoms with van der Waals surface area (Å²) < 4.78 is 9.02. The highest BCUT2D eigenvalue weighted by Crippen LogP contribution is 2.45. The third kappa shape index (κ3) is 4.06. The van der Waals surface area contributed by atoms with Crippen LogP contribution in [0.3, 0.4) is 0 Å². The average Bonchev–Trinajstić information content (AvgIpc) is 3.48. The van der Waals surface area contributed by atoms with Crippen molar-refractivity contribution in [2.24, 2.45) is 0 Å². The van der Waals surface area contributed by atoms with Crippen LogP contribution in [0.2, 0.25) is 0 Å². The molecule has 5 aromatic rings. The summed E-state index contributed by atoms with van der Waals surface area (Å²) in [7, 11) is 0. The van der Waals surface area contributed by atoms with Gasteiger partial charge in [0.2, 0.25) is 17.1 Å². The Hall–Kier alpha value is -4.63. The number of hydrogen-bond acceptors (Lipinski definition) is 2. The van der Waals surface area contributed by atoms with Crippen molar-refractivity contribution in [1.82, 2.24) is 0 Å². The number of hydrogen-bond donors (Lipinski definition) is 0. The molecule has 0 bridgehead atoms. The molecule has 2 heterocycles. The van der Waals surface area contributed by atoms with E-state index < -0.39 is 0 Å². The molecule has 4 aromatic carbocycles. The topological polar surface area (TPSA) is 16.4 Å². The smallest absolute Gasteiger partial charge is 0.213 e. The molecule has 3 nitrogen and oxygen atoms in total. The summed E-state index contributed by atoms with van der Waals surface area (Å²) in [6, 6.07) is 38.8. The van der Waals surface area contributed by atoms with Crippen LogP contribution in [0.4, 0.5) is 5.69 Å². The zero-order valence-corrected chi connectivity index (χ0v) is 21.4. The molecular formula is C35H29N2O+. The Morgan fingerprint density at radius 3 is 2.37 bits per heavy atom. The fourth-order valence-electron chi connectivity index (χ4n) is 5.58. The van der Waals surface area contributed by atoms with Crippen LogP contribution in [0.5, 0.6) is 5.75 Å². The standard InChI is InChI=1S/C35H29N2O/c1-25-16-17-29-20-33-34(22-31(25)29)38-35(37(33)24-27-12-6-3-7-13-27)21-30-19-18-28-14-8-9-15-32(28)36(30)23-26-10-4-2-5-11-26/h2-22,25H,23-24H2,1H3/q+1. The molecule has 1 atom stereocenters. The lowest BCUT2D eigenvalue weighted by atomic mass is 10.0. The Kier molecular flexibility index (Phi) is 5.55. The molecule has 1 aliphatic heterocycles. The van der Waals surface area contributed by atoms with Gasteiger partial charge in [-0.05, 0) is 41.0 Å². The zero-order valence-electron chi connectivity index (χ0n) is 21.4. The molecule has 0 saturated heterocycles. The number of nitrogens with zero attached hydrogens (tertiary/aromatic N) is 2. The molecule has 1 aromatic heterocycles. The van der Waals surface area contributed by atoms with E-state index in [1.807, 2.05) is 0 Å². The van der Waals surface area contributed by atoms with Gasteiger partial charge in [0, 0.05) is 29.0 Å². The summed E-state index contributed by atoms with van der Waals surface area (Å²) in [6.45, 7) is 3.76. The predicted octanol–water partition coefficient (Wildman–Crippen LogP) is 7.70. The fraction of sp³-hybridized carbons (Fsp3) is 0.114. The lowest BCUT2D eigenvalue weighted by molar-refractivity contribution is -0.664. The molecule has 7 rings (SSSR count). The van der Waals surface area contributed by atoms with Gasteiger partial charge in [0.25, 0.3) is 0 Å². The molecule has 0 fully saturated rings. The van der Waals surface area contributed by atoms with E-state index in [0.717, 1.165) is 36.1 Å². The van der Waals surface area contributed by atoms with Gasteiger partial charge in [0.05, 0.1) is 18.3 Å². The number of pyridine rings is 1. The SMILES string of the molecule is CC1C=Cc2cc3c(cc21)OC(=Cc1ccc2ccccc2[n+]1Cc1ccccc1)N3Cc1ccccc1. The van der Waals surface area contributed by atoms with Crippen LogP contribution in [0.25, 0.3) is 23.1 Å². The highest BCUT2D eigenvalue weighted by molar-refractivity contribution is 5.79. The highest BCUT2D eigenvalue weighted by Gasteiger charge is 2.31. The van der Waals surface area contributed by atoms with E-state index in [2.05, 4.69) is 144 Å². The normalized spacial score (nSPS) is 16.6. The number of ether oxygens (including phenoxy) is 1. The lowest BCUT2D eigenvalue weighted by Gasteiger charge is -2.19. The third-order valence-electron chi connectivity index (χ3n) is 7.60. The van der Waals surface area contributed by atoms with Crippen LogP contribution in [-0.4, -0.2) is 0 Å². The number of benzene rings is 4. The number of aromatic nitrogens is 1. The molecule has 3 heteroatoms. The zero-order chi connectivity index (χ0) is 25.5. The molecule has 2 aliphatic rings. The first-order valence-corrected chi connectivity index (χ1v) is 13.3. The minimum absolute atomic E-state index is 0.406. The molecule has 38 heavy (non-hydrogen) atoms. The van der Waals surface area contributed by atoms with Gasteiger partial charge < -0.3 is 9.64 Å². The first-order valence-electron chi connectivity index (χ1n) is 13.3. The Labute approximate surface area is 223 Å². The molecule has 0 N–H and O–H groups in total. The molecule has 0 spiro atoms. The number of fused-ring (bicyclic) bond motifs is 3. The van der Waals surface area contributed by atoms with E-state index >= 15 is 0 Å². The predicted molar refractivity (Wildman–Crippen MR) is 155 cm³/mol. The summed E-state index contributed by atoms with van der Waals surface area (Å²) in [6.07, 6.45) is 6.70. The highest BCUT2D eigenvalue weighted by atomic mass is 16.5. The second kappa shape index (κ2) is 9.35. The van der Waals surface area contributed by atoms with Gasteiger partial charge in [-0.1, -0.05) is 91.9 Å². The van der Waals surface area contributed by atoms with E-state index in [4.69, 9.17) is 4.74 Å². The van der Waals surface area contributed by atoms with Crippen molar-refractivity contribution in [2.45, 2.75) is 25.9 Å². The second-order valence-electron chi connectivity index (χ2n) is 10.1. The maximum Gasteiger partial charge on any atom is 0.213 e. The molecule has 1 aliphatic carbocycles. The quantitative estimate of drug-likeness (QED) is 0.233. The average molecular weight is 494 g/mol. The maximum atomic E-state index is 6.63. The largest absolute Gasteiger partial charge is 0.438 e. The van der Waals surface area contributed by atoms with Crippen LogP contribution >= 0.6 is 0 Å². The van der Waals surface area contributed by atoms with Crippen LogP contribution < -0.4 is 14.2 Å². The van der Waals surface area contributed by atoms with Crippen molar-refractivity contribution in [1.29, 1.82) is 0 Å². The minimum atomic E-state index is 0.406. The number of anilines is 1. The summed E-state index contributed by atoms with van der Waals surface area (Å²) in [5.74, 6) is 2.18. The van der Waals surface area contributed by atoms with Crippen LogP contribution in [0.1, 0.15) is 40.8 Å². The summed E-state index contributed by atoms with van der Waals surface area (Å²) in [5, 5.41) is 1.22. The van der Waals surface area contributed by atoms with E-state index in [0.29, 0.717) is 5.92 Å². The summed E-state index contributed by atoms with van der Waals surface area (Å²) >= 11 is 0. The minimum Gasteiger partial charge on any atom is -0.438 e. The van der Waals surface area contributed by atoms with Crippen molar-refractivity contribution in [3.63, 3.8) is 0 Å². The Morgan fingerprint density at radius 2 is 1.55 bits per heavy atom. The van der Waals surface area contributed by atoms with Gasteiger partial charge in [0.15, 0.2) is 12.3 Å². The van der Waals surface area contributed by atoms with Crippen molar-refractivity contribution in [2.75, 3.05) is 4.90 Å². The van der Waals surface area contributed by atoms with Gasteiger partial charge in [-0.15, -0.1) is 0 Å². The van der Waals surface area contributed by atoms with Gasteiger partial charge in [-0.2, -0.15) is 4.57 Å². The lowest BCUT2D eigenvalue weighted by Crippen LogP contribution is -2.39. The van der Waals surface area contributed by atoms with Gasteiger partial charge in [0.1, 0.15) is 0 Å². The maximum absolute atomic E-state index is 6.63. The van der Waals surface area contributed by atoms with E-state index in [-0.39, 0.29) is 0 Å². The van der Waals surface area contributed by atoms with E-state index in [9.17, 15) is 0 Å². The second-order valence-corrected chi connectivity index (χ2v) is 10.1. The molecule has 0 radical (unpaired) electrons. The first kappa shape index (κ1) is 22.6. The van der Waals surface area contributed by atoms with Gasteiger partial charge >= 0.3 is 0 Å². The Bertz CT molecular complexity index is 1700. The molecular weight excluding hydrogens is 464 g/mol. The third-order valence-corrected chi connectivity index (χ3v) is 7.60. The molecule has 0 amide bonds. The summed E-state index contributed by atoms with van der Waals surface area (Å²) in [5.41, 5.74) is 8.55. The Morgan fingerprint density at radius 1 is 0.816 bits per heavy atom. The number of rotatable bonds is 5. The van der Waals surface area contributed by atoms with Crippen LogP contribution in [0.15, 0.2) is 121 Å². The van der Waals surface area contributed by atoms with E-state index in [1.54, 1.807) is 0 Å². The van der Waals surface area contributed by atoms with Crippen molar-refractivity contribution < 1.29 is 9.30 Å². The van der Waals surface area contributed by atoms with Gasteiger partial charge in [-0.3, -0.25) is 0 Å². The van der Waals surface area contributed by atoms with Crippen molar-refractivity contribution >= 4 is 28.7 Å². The van der Waals surface area contributed by atoms with Gasteiger partial charge in [-0.25, -0.2) is 0 Å². The summed E-state index contributed by atoms with van der Waals surface area (Å²) in [4.78, 5) is 2.31. The molecule has 1 unspecified atom stereocenters. The molecule has 0 saturated carbocycles. The fourth-order valence-corrected chi connectivity index (χ4v) is 5.58. The van der Waals surface area contributed by atoms with E-state index in [1.165, 1.54) is 33.2 Å². The first-order chi connectivity index (χ1) is 18.7. The van der Waals surface area contributed by atoms with Crippen LogP contribution in [-0.2, 0) is 13.1 Å². The number of para-hydroxylation sites is 1. The van der Waals surface area contributed by atoms with Crippen molar-refractivity contribution in [3.8, 4) is 5.75 Å². The Balaban J connectivity index is 1.36. The van der Waals surface area contributed by atoms with Crippen LogP contribution in [0, 0.1) is 0 Å². The number of allylic oxidation sites excluding steroid dienone is 1. The molecule has 184 valence electrons. The monoisotopic (exact) mass is 493 g/mol.